The van der Waals surface area contributed by atoms with Crippen molar-refractivity contribution < 1.29 is 5.11 Å². The molecule has 0 unspecified atom stereocenters. The minimum absolute atomic E-state index is 0.0794. The van der Waals surface area contributed by atoms with Gasteiger partial charge in [-0.05, 0) is 66.8 Å². The highest BCUT2D eigenvalue weighted by atomic mass is 16.3. The van der Waals surface area contributed by atoms with Crippen LogP contribution in [-0.2, 0) is 6.42 Å². The highest BCUT2D eigenvalue weighted by Crippen LogP contribution is 2.40. The van der Waals surface area contributed by atoms with Gasteiger partial charge in [-0.2, -0.15) is 5.26 Å². The zero-order valence-corrected chi connectivity index (χ0v) is 17.0. The molecule has 152 valence electrons. The van der Waals surface area contributed by atoms with Gasteiger partial charge in [0.25, 0.3) is 0 Å². The van der Waals surface area contributed by atoms with Crippen LogP contribution >= 0.6 is 0 Å². The number of nitrogens with zero attached hydrogens (tertiary/aromatic N) is 4. The van der Waals surface area contributed by atoms with Crippen molar-refractivity contribution in [3.8, 4) is 6.07 Å². The second-order valence-electron chi connectivity index (χ2n) is 8.16. The molecule has 1 aliphatic heterocycles. The molecule has 0 amide bonds. The minimum Gasteiger partial charge on any atom is -0.396 e. The summed E-state index contributed by atoms with van der Waals surface area (Å²) in [6.45, 7) is 1.92. The van der Waals surface area contributed by atoms with E-state index in [1.807, 2.05) is 48.8 Å². The average Bonchev–Trinajstić information content (AvgIpc) is 3.24. The lowest BCUT2D eigenvalue weighted by molar-refractivity contribution is 0.114. The van der Waals surface area contributed by atoms with E-state index in [0.717, 1.165) is 43.5 Å². The van der Waals surface area contributed by atoms with Crippen molar-refractivity contribution in [2.75, 3.05) is 19.7 Å². The molecule has 30 heavy (non-hydrogen) atoms. The van der Waals surface area contributed by atoms with Crippen molar-refractivity contribution in [2.24, 2.45) is 5.41 Å². The third-order valence-electron chi connectivity index (χ3n) is 6.20. The number of nitriles is 1. The van der Waals surface area contributed by atoms with E-state index in [1.165, 1.54) is 5.56 Å². The maximum atomic E-state index is 10.3. The number of aliphatic hydroxyl groups is 1. The summed E-state index contributed by atoms with van der Waals surface area (Å²) in [7, 11) is 0. The van der Waals surface area contributed by atoms with E-state index in [0.29, 0.717) is 5.56 Å². The maximum Gasteiger partial charge on any atom is 0.0991 e. The van der Waals surface area contributed by atoms with Crippen LogP contribution in [0.5, 0.6) is 0 Å². The fraction of sp³-hybridized carbons (Fsp3) is 0.320. The Hall–Kier alpha value is -3.07. The fourth-order valence-electron chi connectivity index (χ4n) is 4.45. The Morgan fingerprint density at radius 2 is 1.70 bits per heavy atom. The lowest BCUT2D eigenvalue weighted by atomic mass is 9.82. The minimum atomic E-state index is -0.128. The molecule has 0 saturated carbocycles. The van der Waals surface area contributed by atoms with Crippen LogP contribution in [0.25, 0.3) is 0 Å². The normalized spacial score (nSPS) is 19.1. The predicted molar refractivity (Wildman–Crippen MR) is 116 cm³/mol. The van der Waals surface area contributed by atoms with Gasteiger partial charge in [0, 0.05) is 43.4 Å². The van der Waals surface area contributed by atoms with Crippen molar-refractivity contribution in [2.45, 2.75) is 25.3 Å². The number of benzene rings is 1. The number of likely N-dealkylation sites (tertiary alicyclic amines) is 1. The van der Waals surface area contributed by atoms with Gasteiger partial charge >= 0.3 is 0 Å². The summed E-state index contributed by atoms with van der Waals surface area (Å²) in [5.74, 6) is 0. The highest BCUT2D eigenvalue weighted by molar-refractivity contribution is 5.32. The van der Waals surface area contributed by atoms with E-state index in [2.05, 4.69) is 33.1 Å². The quantitative estimate of drug-likeness (QED) is 0.656. The zero-order chi connectivity index (χ0) is 20.8. The van der Waals surface area contributed by atoms with Gasteiger partial charge in [0.05, 0.1) is 17.7 Å². The molecule has 1 fully saturated rings. The molecule has 5 nitrogen and oxygen atoms in total. The SMILES string of the molecule is N#Cc1ccc(CC[C@]2(CO)CCN(C(c3cccnc3)c3cccnc3)C2)cc1. The summed E-state index contributed by atoms with van der Waals surface area (Å²) >= 11 is 0. The van der Waals surface area contributed by atoms with E-state index >= 15 is 0 Å². The first-order valence-electron chi connectivity index (χ1n) is 10.4. The lowest BCUT2D eigenvalue weighted by Gasteiger charge is -2.32. The molecule has 1 aliphatic rings. The molecular formula is C25H26N4O. The van der Waals surface area contributed by atoms with Crippen LogP contribution < -0.4 is 0 Å². The molecule has 3 heterocycles. The Bertz CT molecular complexity index is 946. The summed E-state index contributed by atoms with van der Waals surface area (Å²) in [5.41, 5.74) is 4.05. The highest BCUT2D eigenvalue weighted by Gasteiger charge is 2.40. The Morgan fingerprint density at radius 3 is 2.23 bits per heavy atom. The molecule has 1 atom stereocenters. The van der Waals surface area contributed by atoms with Crippen LogP contribution in [-0.4, -0.2) is 39.7 Å². The molecule has 2 aromatic heterocycles. The van der Waals surface area contributed by atoms with Crippen molar-refractivity contribution in [1.82, 2.24) is 14.9 Å². The number of aryl methyl sites for hydroxylation is 1. The summed E-state index contributed by atoms with van der Waals surface area (Å²) in [6.07, 6.45) is 10.2. The van der Waals surface area contributed by atoms with Crippen molar-refractivity contribution in [3.05, 3.63) is 95.6 Å². The number of hydrogen-bond donors (Lipinski definition) is 1. The molecule has 0 radical (unpaired) electrons. The standard InChI is InChI=1S/C25H26N4O/c26-15-21-7-5-20(6-8-21)9-10-25(19-30)11-14-29(18-25)24(22-3-1-12-27-16-22)23-4-2-13-28-17-23/h1-8,12-13,16-17,24,30H,9-11,14,18-19H2/t25-/m0/s1. The summed E-state index contributed by atoms with van der Waals surface area (Å²) in [4.78, 5) is 11.1. The number of pyridine rings is 2. The van der Waals surface area contributed by atoms with Gasteiger partial charge in [-0.25, -0.2) is 0 Å². The smallest absolute Gasteiger partial charge is 0.0991 e. The van der Waals surface area contributed by atoms with Crippen molar-refractivity contribution in [3.63, 3.8) is 0 Å². The van der Waals surface area contributed by atoms with Crippen molar-refractivity contribution >= 4 is 0 Å². The Balaban J connectivity index is 1.52. The lowest BCUT2D eigenvalue weighted by Crippen LogP contribution is -2.33. The van der Waals surface area contributed by atoms with Crippen molar-refractivity contribution in [1.29, 1.82) is 5.26 Å². The molecule has 1 aromatic carbocycles. The van der Waals surface area contributed by atoms with Gasteiger partial charge in [0.15, 0.2) is 0 Å². The predicted octanol–water partition coefficient (Wildman–Crippen LogP) is 3.75. The molecule has 5 heteroatoms. The molecule has 0 spiro atoms. The van der Waals surface area contributed by atoms with Gasteiger partial charge in [-0.3, -0.25) is 14.9 Å². The topological polar surface area (TPSA) is 73.0 Å². The van der Waals surface area contributed by atoms with Gasteiger partial charge < -0.3 is 5.11 Å². The molecule has 4 rings (SSSR count). The largest absolute Gasteiger partial charge is 0.396 e. The summed E-state index contributed by atoms with van der Waals surface area (Å²) in [6, 6.07) is 18.2. The molecule has 3 aromatic rings. The second kappa shape index (κ2) is 9.17. The number of rotatable bonds is 7. The Kier molecular flexibility index (Phi) is 6.18. The monoisotopic (exact) mass is 398 g/mol. The average molecular weight is 399 g/mol. The maximum absolute atomic E-state index is 10.3. The van der Waals surface area contributed by atoms with Gasteiger partial charge in [0.2, 0.25) is 0 Å². The molecular weight excluding hydrogens is 372 g/mol. The van der Waals surface area contributed by atoms with Crippen LogP contribution in [0, 0.1) is 16.7 Å². The third-order valence-corrected chi connectivity index (χ3v) is 6.20. The van der Waals surface area contributed by atoms with E-state index < -0.39 is 0 Å². The number of hydrogen-bond acceptors (Lipinski definition) is 5. The molecule has 1 N–H and O–H groups in total. The summed E-state index contributed by atoms with van der Waals surface area (Å²) in [5, 5.41) is 19.3. The van der Waals surface area contributed by atoms with Crippen LogP contribution in [0.2, 0.25) is 0 Å². The van der Waals surface area contributed by atoms with Gasteiger partial charge in [-0.15, -0.1) is 0 Å². The molecule has 1 saturated heterocycles. The first-order chi connectivity index (χ1) is 14.7. The first-order valence-corrected chi connectivity index (χ1v) is 10.4. The van der Waals surface area contributed by atoms with Crippen LogP contribution in [0.1, 0.15) is 41.1 Å². The molecule has 0 aliphatic carbocycles. The van der Waals surface area contributed by atoms with E-state index in [9.17, 15) is 5.11 Å². The summed E-state index contributed by atoms with van der Waals surface area (Å²) < 4.78 is 0. The molecule has 0 bridgehead atoms. The number of aromatic nitrogens is 2. The van der Waals surface area contributed by atoms with Crippen LogP contribution in [0.4, 0.5) is 0 Å². The first kappa shape index (κ1) is 20.2. The van der Waals surface area contributed by atoms with Gasteiger partial charge in [0.1, 0.15) is 0 Å². The van der Waals surface area contributed by atoms with E-state index in [-0.39, 0.29) is 18.1 Å². The third kappa shape index (κ3) is 4.40. The van der Waals surface area contributed by atoms with Gasteiger partial charge in [-0.1, -0.05) is 24.3 Å². The zero-order valence-electron chi connectivity index (χ0n) is 17.0. The Labute approximate surface area is 177 Å². The Morgan fingerprint density at radius 1 is 1.03 bits per heavy atom. The second-order valence-corrected chi connectivity index (χ2v) is 8.16. The van der Waals surface area contributed by atoms with E-state index in [1.54, 1.807) is 12.4 Å². The number of aliphatic hydroxyl groups excluding tert-OH is 1. The fourth-order valence-corrected chi connectivity index (χ4v) is 4.45. The van der Waals surface area contributed by atoms with Crippen LogP contribution in [0.15, 0.2) is 73.3 Å². The van der Waals surface area contributed by atoms with Crippen LogP contribution in [0.3, 0.4) is 0 Å². The van der Waals surface area contributed by atoms with E-state index in [4.69, 9.17) is 5.26 Å².